The molecule has 0 aliphatic rings. The third-order valence-corrected chi connectivity index (χ3v) is 1.87. The summed E-state index contributed by atoms with van der Waals surface area (Å²) in [5.41, 5.74) is -0.341. The van der Waals surface area contributed by atoms with Crippen LogP contribution in [0.3, 0.4) is 0 Å². The summed E-state index contributed by atoms with van der Waals surface area (Å²) in [6, 6.07) is 3.07. The van der Waals surface area contributed by atoms with Crippen LogP contribution in [-0.2, 0) is 0 Å². The molecule has 0 saturated heterocycles. The minimum Gasteiger partial charge on any atom is -0.434 e. The fraction of sp³-hybridized carbons (Fsp3) is 0.333. The van der Waals surface area contributed by atoms with Crippen LogP contribution >= 0.6 is 0 Å². The third kappa shape index (κ3) is 2.86. The van der Waals surface area contributed by atoms with Crippen LogP contribution in [-0.4, -0.2) is 16.6 Å². The van der Waals surface area contributed by atoms with E-state index in [4.69, 9.17) is 0 Å². The van der Waals surface area contributed by atoms with Crippen LogP contribution in [0.4, 0.5) is 14.5 Å². The summed E-state index contributed by atoms with van der Waals surface area (Å²) >= 11 is 0. The van der Waals surface area contributed by atoms with E-state index >= 15 is 0 Å². The maximum atomic E-state index is 12.0. The summed E-state index contributed by atoms with van der Waals surface area (Å²) in [5.74, 6) is -0.268. The monoisotopic (exact) mass is 233 g/mol. The second-order valence-corrected chi connectivity index (χ2v) is 3.03. The van der Waals surface area contributed by atoms with E-state index in [1.54, 1.807) is 0 Å². The molecule has 0 fully saturated rings. The molecule has 1 aromatic rings. The van der Waals surface area contributed by atoms with Crippen LogP contribution in [0.15, 0.2) is 18.2 Å². The first-order valence-corrected chi connectivity index (χ1v) is 4.33. The summed E-state index contributed by atoms with van der Waals surface area (Å²) in [7, 11) is 0. The zero-order valence-corrected chi connectivity index (χ0v) is 8.26. The number of aliphatic hydroxyl groups excluding tert-OH is 1. The molecule has 0 amide bonds. The lowest BCUT2D eigenvalue weighted by Crippen LogP contribution is -2.06. The first-order chi connectivity index (χ1) is 7.41. The highest BCUT2D eigenvalue weighted by atomic mass is 19.3. The van der Waals surface area contributed by atoms with Crippen LogP contribution in [0.25, 0.3) is 0 Å². The van der Waals surface area contributed by atoms with Crippen molar-refractivity contribution in [3.8, 4) is 5.75 Å². The number of nitro benzene ring substituents is 1. The highest BCUT2D eigenvalue weighted by Crippen LogP contribution is 2.30. The van der Waals surface area contributed by atoms with Crippen molar-refractivity contribution in [3.63, 3.8) is 0 Å². The molecule has 0 saturated carbocycles. The molecule has 0 heterocycles. The maximum Gasteiger partial charge on any atom is 0.387 e. The number of aliphatic hydroxyl groups is 1. The molecule has 0 aromatic heterocycles. The number of ether oxygens (including phenoxy) is 1. The van der Waals surface area contributed by atoms with E-state index in [1.165, 1.54) is 6.92 Å². The SMILES string of the molecule is CC(O)c1cc([N+](=O)[O-])ccc1OC(F)F. The van der Waals surface area contributed by atoms with Crippen molar-refractivity contribution in [3.05, 3.63) is 33.9 Å². The van der Waals surface area contributed by atoms with Gasteiger partial charge < -0.3 is 9.84 Å². The molecule has 0 bridgehead atoms. The van der Waals surface area contributed by atoms with Gasteiger partial charge in [0, 0.05) is 17.7 Å². The van der Waals surface area contributed by atoms with E-state index in [2.05, 4.69) is 4.74 Å². The molecule has 1 unspecified atom stereocenters. The second kappa shape index (κ2) is 4.84. The van der Waals surface area contributed by atoms with Gasteiger partial charge in [-0.05, 0) is 13.0 Å². The fourth-order valence-electron chi connectivity index (χ4n) is 1.18. The molecule has 0 spiro atoms. The largest absolute Gasteiger partial charge is 0.434 e. The van der Waals surface area contributed by atoms with Gasteiger partial charge in [0.1, 0.15) is 5.75 Å². The molecule has 88 valence electrons. The van der Waals surface area contributed by atoms with E-state index in [1.807, 2.05) is 0 Å². The van der Waals surface area contributed by atoms with Gasteiger partial charge in [0.05, 0.1) is 11.0 Å². The van der Waals surface area contributed by atoms with Crippen molar-refractivity contribution >= 4 is 5.69 Å². The maximum absolute atomic E-state index is 12.0. The van der Waals surface area contributed by atoms with Gasteiger partial charge in [-0.25, -0.2) is 0 Å². The Morgan fingerprint density at radius 2 is 2.12 bits per heavy atom. The molecule has 0 aliphatic heterocycles. The van der Waals surface area contributed by atoms with Crippen LogP contribution in [0.5, 0.6) is 5.75 Å². The average Bonchev–Trinajstić information content (AvgIpc) is 2.16. The van der Waals surface area contributed by atoms with E-state index in [0.29, 0.717) is 0 Å². The Bertz CT molecular complexity index is 395. The summed E-state index contributed by atoms with van der Waals surface area (Å²) in [4.78, 5) is 9.76. The van der Waals surface area contributed by atoms with E-state index in [-0.39, 0.29) is 17.0 Å². The highest BCUT2D eigenvalue weighted by molar-refractivity contribution is 5.44. The van der Waals surface area contributed by atoms with E-state index in [9.17, 15) is 24.0 Å². The van der Waals surface area contributed by atoms with Crippen molar-refractivity contribution in [2.24, 2.45) is 0 Å². The zero-order valence-electron chi connectivity index (χ0n) is 8.26. The standard InChI is InChI=1S/C9H9F2NO4/c1-5(13)7-4-6(12(14)15)2-3-8(7)16-9(10)11/h2-5,9,13H,1H3. The second-order valence-electron chi connectivity index (χ2n) is 3.03. The normalized spacial score (nSPS) is 12.6. The lowest BCUT2D eigenvalue weighted by Gasteiger charge is -2.12. The van der Waals surface area contributed by atoms with Crippen LogP contribution in [0.2, 0.25) is 0 Å². The molecule has 1 aromatic carbocycles. The molecular weight excluding hydrogens is 224 g/mol. The van der Waals surface area contributed by atoms with Gasteiger partial charge in [-0.2, -0.15) is 8.78 Å². The molecule has 0 aliphatic carbocycles. The van der Waals surface area contributed by atoms with Gasteiger partial charge in [-0.3, -0.25) is 10.1 Å². The number of alkyl halides is 2. The van der Waals surface area contributed by atoms with Gasteiger partial charge in [-0.15, -0.1) is 0 Å². The number of non-ortho nitro benzene ring substituents is 1. The van der Waals surface area contributed by atoms with E-state index < -0.39 is 17.6 Å². The number of nitro groups is 1. The van der Waals surface area contributed by atoms with Crippen molar-refractivity contribution < 1.29 is 23.5 Å². The van der Waals surface area contributed by atoms with Crippen LogP contribution < -0.4 is 4.74 Å². The molecule has 1 N–H and O–H groups in total. The molecule has 5 nitrogen and oxygen atoms in total. The van der Waals surface area contributed by atoms with Crippen LogP contribution in [0.1, 0.15) is 18.6 Å². The molecule has 1 atom stereocenters. The minimum atomic E-state index is -3.04. The molecule has 1 rings (SSSR count). The van der Waals surface area contributed by atoms with Gasteiger partial charge in [0.15, 0.2) is 0 Å². The molecule has 0 radical (unpaired) electrons. The Balaban J connectivity index is 3.14. The van der Waals surface area contributed by atoms with E-state index in [0.717, 1.165) is 18.2 Å². The summed E-state index contributed by atoms with van der Waals surface area (Å²) < 4.78 is 28.1. The summed E-state index contributed by atoms with van der Waals surface area (Å²) in [6.07, 6.45) is -1.13. The third-order valence-electron chi connectivity index (χ3n) is 1.87. The Morgan fingerprint density at radius 3 is 2.56 bits per heavy atom. The first-order valence-electron chi connectivity index (χ1n) is 4.33. The number of halogens is 2. The predicted molar refractivity (Wildman–Crippen MR) is 50.4 cm³/mol. The lowest BCUT2D eigenvalue weighted by molar-refractivity contribution is -0.385. The van der Waals surface area contributed by atoms with Crippen molar-refractivity contribution in [1.29, 1.82) is 0 Å². The Hall–Kier alpha value is -1.76. The minimum absolute atomic E-state index is 0.0468. The quantitative estimate of drug-likeness (QED) is 0.639. The van der Waals surface area contributed by atoms with Gasteiger partial charge in [0.25, 0.3) is 5.69 Å². The number of hydrogen-bond acceptors (Lipinski definition) is 4. The summed E-state index contributed by atoms with van der Waals surface area (Å²) in [6.45, 7) is -1.74. The Kier molecular flexibility index (Phi) is 3.73. The molecular formula is C9H9F2NO4. The molecule has 7 heteroatoms. The predicted octanol–water partition coefficient (Wildman–Crippen LogP) is 2.25. The van der Waals surface area contributed by atoms with Gasteiger partial charge in [-0.1, -0.05) is 0 Å². The highest BCUT2D eigenvalue weighted by Gasteiger charge is 2.17. The number of rotatable bonds is 4. The topological polar surface area (TPSA) is 72.6 Å². The summed E-state index contributed by atoms with van der Waals surface area (Å²) in [5, 5.41) is 19.7. The van der Waals surface area contributed by atoms with Crippen molar-refractivity contribution in [2.75, 3.05) is 0 Å². The zero-order chi connectivity index (χ0) is 12.3. The average molecular weight is 233 g/mol. The Labute approximate surface area is 89.4 Å². The number of benzene rings is 1. The smallest absolute Gasteiger partial charge is 0.387 e. The van der Waals surface area contributed by atoms with Gasteiger partial charge >= 0.3 is 6.61 Å². The van der Waals surface area contributed by atoms with Crippen molar-refractivity contribution in [2.45, 2.75) is 19.6 Å². The lowest BCUT2D eigenvalue weighted by atomic mass is 10.1. The fourth-order valence-corrected chi connectivity index (χ4v) is 1.18. The first kappa shape index (κ1) is 12.3. The Morgan fingerprint density at radius 1 is 1.50 bits per heavy atom. The molecule has 16 heavy (non-hydrogen) atoms. The number of nitrogens with zero attached hydrogens (tertiary/aromatic N) is 1. The number of hydrogen-bond donors (Lipinski definition) is 1. The van der Waals surface area contributed by atoms with Crippen LogP contribution in [0, 0.1) is 10.1 Å². The van der Waals surface area contributed by atoms with Gasteiger partial charge in [0.2, 0.25) is 0 Å². The van der Waals surface area contributed by atoms with Crippen molar-refractivity contribution in [1.82, 2.24) is 0 Å².